The predicted octanol–water partition coefficient (Wildman–Crippen LogP) is -1.65. The Balaban J connectivity index is 1.98. The van der Waals surface area contributed by atoms with E-state index in [1.165, 1.54) is 20.8 Å². The number of para-hydroxylation sites is 1. The van der Waals surface area contributed by atoms with Crippen LogP contribution in [0.3, 0.4) is 0 Å². The molecule has 25 heteroatoms. The van der Waals surface area contributed by atoms with Gasteiger partial charge in [0.05, 0.1) is 19.1 Å². The van der Waals surface area contributed by atoms with Gasteiger partial charge in [-0.15, -0.1) is 0 Å². The summed E-state index contributed by atoms with van der Waals surface area (Å²) in [5.74, 6) is -13.2. The quantitative estimate of drug-likeness (QED) is 0.0344. The van der Waals surface area contributed by atoms with Gasteiger partial charge in [0.1, 0.15) is 48.3 Å². The Bertz CT molecular complexity index is 2540. The summed E-state index contributed by atoms with van der Waals surface area (Å²) in [6, 6.07) is 3.06. The van der Waals surface area contributed by atoms with E-state index in [2.05, 4.69) is 47.5 Å². The van der Waals surface area contributed by atoms with Crippen molar-refractivity contribution < 1.29 is 68.1 Å². The average Bonchev–Trinajstić information content (AvgIpc) is 3.77. The number of carboxylic acids is 2. The third-order valence-electron chi connectivity index (χ3n) is 12.5. The summed E-state index contributed by atoms with van der Waals surface area (Å²) in [4.78, 5) is 149. The molecule has 0 aliphatic carbocycles. The van der Waals surface area contributed by atoms with Crippen LogP contribution in [0.5, 0.6) is 0 Å². The van der Waals surface area contributed by atoms with Crippen molar-refractivity contribution in [2.75, 3.05) is 6.54 Å². The Morgan fingerprint density at radius 2 is 1.05 bits per heavy atom. The Hall–Kier alpha value is -7.93. The molecule has 0 radical (unpaired) electrons. The second-order valence-electron chi connectivity index (χ2n) is 19.3. The number of H-pyrrole nitrogens is 1. The maximum absolute atomic E-state index is 14.4. The minimum Gasteiger partial charge on any atom is -0.481 e. The number of rotatable bonds is 31. The number of amides is 9. The summed E-state index contributed by atoms with van der Waals surface area (Å²) >= 11 is 0. The SMILES string of the molecule is CC[C@H](C)[C@H](NC(=O)CN)C(=O)N[C@H](C(=O)N[C@@H](Cc1ccccc1)C(=O)N[C@@H](CCC(N)=O)C(=O)N[C@H](C(=O)N[C@@H](Cc1c[nH]c2ccccc12)C(=O)N[C@@H](CC(=O)O)C(=O)N[C@H](C(=O)O)C(C)C)C(C)C)[C@@H](C)O. The standard InChI is InChI=1S/C51H73N11O14/c1-8-27(6)42(59-38(65)23-52)49(73)62-43(28(7)63)50(74)57-34(20-29-14-10-9-11-15-29)45(69)55-33(18-19-37(53)64)44(68)60-40(25(2)3)48(72)58-35(21-30-24-54-32-17-13-12-16-31(30)32)46(70)56-36(22-39(66)67)47(71)61-41(26(4)5)51(75)76/h9-17,24-28,33-36,40-43,54,63H,8,18-23,52H2,1-7H3,(H2,53,64)(H,55,69)(H,56,70)(H,57,74)(H,58,72)(H,59,65)(H,60,68)(H,61,71)(H,62,73)(H,66,67)(H,75,76)/t27-,28+,33-,34-,35-,36-,40-,41-,42-,43-/m0/s1. The Kier molecular flexibility index (Phi) is 24.5. The van der Waals surface area contributed by atoms with Crippen molar-refractivity contribution in [3.63, 3.8) is 0 Å². The molecular weight excluding hydrogens is 991 g/mol. The fourth-order valence-corrected chi connectivity index (χ4v) is 7.93. The molecule has 10 atom stereocenters. The molecule has 25 nitrogen and oxygen atoms in total. The first-order valence-corrected chi connectivity index (χ1v) is 24.9. The van der Waals surface area contributed by atoms with Crippen LogP contribution in [0.25, 0.3) is 10.9 Å². The fourth-order valence-electron chi connectivity index (χ4n) is 7.93. The van der Waals surface area contributed by atoms with Gasteiger partial charge in [-0.05, 0) is 48.3 Å². The van der Waals surface area contributed by atoms with Gasteiger partial charge in [-0.2, -0.15) is 0 Å². The van der Waals surface area contributed by atoms with Crippen molar-refractivity contribution >= 4 is 76.0 Å². The molecule has 2 aromatic carbocycles. The van der Waals surface area contributed by atoms with Gasteiger partial charge in [-0.25, -0.2) is 4.79 Å². The van der Waals surface area contributed by atoms with Gasteiger partial charge in [-0.1, -0.05) is 96.5 Å². The number of hydrogen-bond acceptors (Lipinski definition) is 13. The molecule has 1 heterocycles. The summed E-state index contributed by atoms with van der Waals surface area (Å²) < 4.78 is 0. The lowest BCUT2D eigenvalue weighted by Crippen LogP contribution is -2.62. The number of nitrogens with one attached hydrogen (secondary N) is 9. The van der Waals surface area contributed by atoms with Crippen LogP contribution in [0.4, 0.5) is 0 Å². The van der Waals surface area contributed by atoms with Crippen LogP contribution in [0, 0.1) is 17.8 Å². The highest BCUT2D eigenvalue weighted by Crippen LogP contribution is 2.20. The van der Waals surface area contributed by atoms with E-state index >= 15 is 0 Å². The zero-order chi connectivity index (χ0) is 57.0. The van der Waals surface area contributed by atoms with Crippen LogP contribution in [0.2, 0.25) is 0 Å². The maximum atomic E-state index is 14.4. The number of primary amides is 1. The van der Waals surface area contributed by atoms with Crippen LogP contribution in [0.1, 0.15) is 85.3 Å². The fraction of sp³-hybridized carbons (Fsp3) is 0.510. The first-order valence-electron chi connectivity index (χ1n) is 24.9. The lowest BCUT2D eigenvalue weighted by atomic mass is 9.97. The van der Waals surface area contributed by atoms with Gasteiger partial charge < -0.3 is 74.3 Å². The normalized spacial score (nSPS) is 15.2. The Morgan fingerprint density at radius 1 is 0.566 bits per heavy atom. The highest BCUT2D eigenvalue weighted by atomic mass is 16.4. The van der Waals surface area contributed by atoms with Crippen LogP contribution in [0.15, 0.2) is 60.8 Å². The van der Waals surface area contributed by atoms with Crippen LogP contribution >= 0.6 is 0 Å². The molecular formula is C51H73N11O14. The van der Waals surface area contributed by atoms with E-state index in [1.54, 1.807) is 88.5 Å². The number of aliphatic hydroxyl groups excluding tert-OH is 1. The number of aliphatic hydroxyl groups is 1. The molecule has 0 fully saturated rings. The third kappa shape index (κ3) is 19.1. The topological polar surface area (TPSA) is 413 Å². The van der Waals surface area contributed by atoms with Crippen molar-refractivity contribution in [1.29, 1.82) is 0 Å². The number of carbonyl (C=O) groups is 11. The lowest BCUT2D eigenvalue weighted by Gasteiger charge is -2.30. The van der Waals surface area contributed by atoms with Gasteiger partial charge in [0, 0.05) is 36.4 Å². The van der Waals surface area contributed by atoms with Crippen molar-refractivity contribution in [3.8, 4) is 0 Å². The number of aromatic amines is 1. The van der Waals surface area contributed by atoms with Gasteiger partial charge in [0.15, 0.2) is 0 Å². The third-order valence-corrected chi connectivity index (χ3v) is 12.5. The minimum absolute atomic E-state index is 0.200. The molecule has 16 N–H and O–H groups in total. The molecule has 0 unspecified atom stereocenters. The molecule has 76 heavy (non-hydrogen) atoms. The second-order valence-corrected chi connectivity index (χ2v) is 19.3. The molecule has 3 aromatic rings. The summed E-state index contributed by atoms with van der Waals surface area (Å²) in [6.45, 7) is 10.4. The van der Waals surface area contributed by atoms with Crippen molar-refractivity contribution in [2.24, 2.45) is 29.2 Å². The Morgan fingerprint density at radius 3 is 1.59 bits per heavy atom. The van der Waals surface area contributed by atoms with E-state index in [4.69, 9.17) is 11.5 Å². The number of fused-ring (bicyclic) bond motifs is 1. The van der Waals surface area contributed by atoms with Gasteiger partial charge in [-0.3, -0.25) is 47.9 Å². The molecule has 0 saturated carbocycles. The van der Waals surface area contributed by atoms with Gasteiger partial charge >= 0.3 is 11.9 Å². The van der Waals surface area contributed by atoms with E-state index in [9.17, 15) is 68.1 Å². The zero-order valence-electron chi connectivity index (χ0n) is 43.6. The summed E-state index contributed by atoms with van der Waals surface area (Å²) in [5, 5.41) is 50.6. The summed E-state index contributed by atoms with van der Waals surface area (Å²) in [5.41, 5.74) is 12.6. The van der Waals surface area contributed by atoms with E-state index < -0.39 is 163 Å². The van der Waals surface area contributed by atoms with Crippen LogP contribution < -0.4 is 54.0 Å². The number of aliphatic carboxylic acids is 2. The second kappa shape index (κ2) is 29.8. The number of nitrogens with two attached hydrogens (primary N) is 2. The predicted molar refractivity (Wildman–Crippen MR) is 276 cm³/mol. The van der Waals surface area contributed by atoms with Crippen LogP contribution in [-0.4, -0.2) is 146 Å². The molecule has 0 aliphatic heterocycles. The molecule has 1 aromatic heterocycles. The van der Waals surface area contributed by atoms with E-state index in [-0.39, 0.29) is 12.8 Å². The molecule has 3 rings (SSSR count). The highest BCUT2D eigenvalue weighted by molar-refractivity contribution is 5.99. The first-order chi connectivity index (χ1) is 35.8. The average molecular weight is 1060 g/mol. The van der Waals surface area contributed by atoms with Gasteiger partial charge in [0.25, 0.3) is 0 Å². The van der Waals surface area contributed by atoms with Gasteiger partial charge in [0.2, 0.25) is 53.2 Å². The smallest absolute Gasteiger partial charge is 0.326 e. The maximum Gasteiger partial charge on any atom is 0.326 e. The van der Waals surface area contributed by atoms with Crippen molar-refractivity contribution in [3.05, 3.63) is 71.9 Å². The van der Waals surface area contributed by atoms with E-state index in [0.29, 0.717) is 28.5 Å². The largest absolute Gasteiger partial charge is 0.481 e. The number of carbonyl (C=O) groups excluding carboxylic acids is 9. The van der Waals surface area contributed by atoms with E-state index in [0.717, 1.165) is 0 Å². The number of carboxylic acid groups (broad SMARTS) is 2. The molecule has 0 bridgehead atoms. The first kappa shape index (κ1) is 62.4. The molecule has 0 aliphatic rings. The van der Waals surface area contributed by atoms with Crippen LogP contribution in [-0.2, 0) is 65.6 Å². The zero-order valence-corrected chi connectivity index (χ0v) is 43.6. The summed E-state index contributed by atoms with van der Waals surface area (Å²) in [7, 11) is 0. The lowest BCUT2D eigenvalue weighted by molar-refractivity contribution is -0.144. The Labute approximate surface area is 439 Å². The van der Waals surface area contributed by atoms with Crippen molar-refractivity contribution in [1.82, 2.24) is 47.5 Å². The molecule has 0 spiro atoms. The number of benzene rings is 2. The number of aromatic nitrogens is 1. The molecule has 9 amide bonds. The number of hydrogen-bond donors (Lipinski definition) is 14. The summed E-state index contributed by atoms with van der Waals surface area (Å²) in [6.07, 6.45) is -1.82. The monoisotopic (exact) mass is 1060 g/mol. The van der Waals surface area contributed by atoms with E-state index in [1.807, 2.05) is 0 Å². The van der Waals surface area contributed by atoms with Crippen molar-refractivity contribution in [2.45, 2.75) is 141 Å². The molecule has 416 valence electrons. The molecule has 0 saturated heterocycles. The highest BCUT2D eigenvalue weighted by Gasteiger charge is 2.38. The minimum atomic E-state index is -1.81.